The first-order valence-corrected chi connectivity index (χ1v) is 9.30. The molecule has 0 atom stereocenters. The molecule has 0 radical (unpaired) electrons. The second-order valence-corrected chi connectivity index (χ2v) is 6.81. The van der Waals surface area contributed by atoms with Gasteiger partial charge in [0.25, 0.3) is 5.91 Å². The summed E-state index contributed by atoms with van der Waals surface area (Å²) in [5, 5.41) is 0. The van der Waals surface area contributed by atoms with Crippen molar-refractivity contribution in [3.8, 4) is 17.2 Å². The van der Waals surface area contributed by atoms with Crippen LogP contribution in [0.2, 0.25) is 0 Å². The summed E-state index contributed by atoms with van der Waals surface area (Å²) in [5.41, 5.74) is 1.88. The van der Waals surface area contributed by atoms with Crippen LogP contribution < -0.4 is 14.2 Å². The van der Waals surface area contributed by atoms with Gasteiger partial charge in [-0.25, -0.2) is 0 Å². The summed E-state index contributed by atoms with van der Waals surface area (Å²) in [6.07, 6.45) is 3.09. The first-order valence-electron chi connectivity index (χ1n) is 9.30. The molecule has 1 heterocycles. The number of carbonyl (C=O) groups excluding carboxylic acids is 1. The summed E-state index contributed by atoms with van der Waals surface area (Å²) in [7, 11) is 4.65. The van der Waals surface area contributed by atoms with Crippen molar-refractivity contribution >= 4 is 5.91 Å². The molecule has 0 unspecified atom stereocenters. The number of likely N-dealkylation sites (tertiary alicyclic amines) is 1. The standard InChI is InChI=1S/C22H27NO4/c1-25-19-10-9-18(20(26-2)21(19)27-3)22(24)23-13-11-17(12-14-23)15-16-7-5-4-6-8-16/h4-10,17H,11-15H2,1-3H3. The molecule has 1 amide bonds. The number of amides is 1. The van der Waals surface area contributed by atoms with Crippen LogP contribution in [-0.2, 0) is 6.42 Å². The fraction of sp³-hybridized carbons (Fsp3) is 0.409. The predicted octanol–water partition coefficient (Wildman–Crippen LogP) is 3.81. The van der Waals surface area contributed by atoms with Crippen LogP contribution in [0, 0.1) is 5.92 Å². The molecular formula is C22H27NO4. The molecule has 3 rings (SSSR count). The average molecular weight is 369 g/mol. The van der Waals surface area contributed by atoms with E-state index in [1.54, 1.807) is 33.5 Å². The van der Waals surface area contributed by atoms with Gasteiger partial charge in [-0.1, -0.05) is 30.3 Å². The van der Waals surface area contributed by atoms with Crippen LogP contribution in [0.1, 0.15) is 28.8 Å². The number of benzene rings is 2. The van der Waals surface area contributed by atoms with Gasteiger partial charge in [0, 0.05) is 13.1 Å². The van der Waals surface area contributed by atoms with E-state index in [2.05, 4.69) is 24.3 Å². The number of piperidine rings is 1. The summed E-state index contributed by atoms with van der Waals surface area (Å²) in [6.45, 7) is 1.52. The number of hydrogen-bond donors (Lipinski definition) is 0. The van der Waals surface area contributed by atoms with E-state index in [1.165, 1.54) is 5.56 Å². The highest BCUT2D eigenvalue weighted by Crippen LogP contribution is 2.40. The third-order valence-corrected chi connectivity index (χ3v) is 5.20. The fourth-order valence-electron chi connectivity index (χ4n) is 3.73. The van der Waals surface area contributed by atoms with Gasteiger partial charge in [0.1, 0.15) is 0 Å². The predicted molar refractivity (Wildman–Crippen MR) is 105 cm³/mol. The Morgan fingerprint density at radius 2 is 1.59 bits per heavy atom. The van der Waals surface area contributed by atoms with Crippen LogP contribution in [0.5, 0.6) is 17.2 Å². The highest BCUT2D eigenvalue weighted by molar-refractivity contribution is 5.98. The Balaban J connectivity index is 1.69. The topological polar surface area (TPSA) is 48.0 Å². The molecule has 2 aromatic rings. The largest absolute Gasteiger partial charge is 0.493 e. The van der Waals surface area contributed by atoms with Gasteiger partial charge < -0.3 is 19.1 Å². The Morgan fingerprint density at radius 3 is 2.19 bits per heavy atom. The molecule has 0 aliphatic carbocycles. The first kappa shape index (κ1) is 19.1. The minimum atomic E-state index is -0.0223. The lowest BCUT2D eigenvalue weighted by Gasteiger charge is -2.32. The number of hydrogen-bond acceptors (Lipinski definition) is 4. The number of ether oxygens (including phenoxy) is 3. The zero-order valence-electron chi connectivity index (χ0n) is 16.2. The molecule has 0 saturated carbocycles. The van der Waals surface area contributed by atoms with Gasteiger partial charge in [0.2, 0.25) is 5.75 Å². The zero-order valence-corrected chi connectivity index (χ0v) is 16.2. The molecule has 0 spiro atoms. The Bertz CT molecular complexity index is 767. The second-order valence-electron chi connectivity index (χ2n) is 6.81. The molecule has 1 saturated heterocycles. The van der Waals surface area contributed by atoms with Gasteiger partial charge in [-0.15, -0.1) is 0 Å². The molecule has 1 fully saturated rings. The molecule has 0 N–H and O–H groups in total. The maximum Gasteiger partial charge on any atom is 0.257 e. The monoisotopic (exact) mass is 369 g/mol. The molecule has 5 nitrogen and oxygen atoms in total. The van der Waals surface area contributed by atoms with Gasteiger partial charge in [0.15, 0.2) is 11.5 Å². The van der Waals surface area contributed by atoms with E-state index in [-0.39, 0.29) is 5.91 Å². The minimum Gasteiger partial charge on any atom is -0.493 e. The van der Waals surface area contributed by atoms with Gasteiger partial charge in [-0.3, -0.25) is 4.79 Å². The third kappa shape index (κ3) is 4.18. The Kier molecular flexibility index (Phi) is 6.22. The summed E-state index contributed by atoms with van der Waals surface area (Å²) in [5.74, 6) is 2.01. The van der Waals surface area contributed by atoms with Gasteiger partial charge in [-0.2, -0.15) is 0 Å². The molecule has 27 heavy (non-hydrogen) atoms. The van der Waals surface area contributed by atoms with E-state index in [1.807, 2.05) is 11.0 Å². The lowest BCUT2D eigenvalue weighted by molar-refractivity contribution is 0.0686. The zero-order chi connectivity index (χ0) is 19.2. The van der Waals surface area contributed by atoms with Crippen molar-refractivity contribution in [2.45, 2.75) is 19.3 Å². The lowest BCUT2D eigenvalue weighted by Crippen LogP contribution is -2.39. The molecule has 5 heteroatoms. The molecule has 0 bridgehead atoms. The van der Waals surface area contributed by atoms with Crippen molar-refractivity contribution in [3.63, 3.8) is 0 Å². The van der Waals surface area contributed by atoms with E-state index in [0.29, 0.717) is 28.7 Å². The van der Waals surface area contributed by atoms with Crippen LogP contribution in [0.25, 0.3) is 0 Å². The average Bonchev–Trinajstić information content (AvgIpc) is 2.73. The fourth-order valence-corrected chi connectivity index (χ4v) is 3.73. The maximum atomic E-state index is 13.1. The Morgan fingerprint density at radius 1 is 0.926 bits per heavy atom. The highest BCUT2D eigenvalue weighted by atomic mass is 16.5. The van der Waals surface area contributed by atoms with Crippen LogP contribution in [0.15, 0.2) is 42.5 Å². The van der Waals surface area contributed by atoms with E-state index in [0.717, 1.165) is 32.4 Å². The summed E-state index contributed by atoms with van der Waals surface area (Å²) in [4.78, 5) is 15.0. The van der Waals surface area contributed by atoms with Crippen molar-refractivity contribution in [1.82, 2.24) is 4.90 Å². The number of nitrogens with zero attached hydrogens (tertiary/aromatic N) is 1. The summed E-state index contributed by atoms with van der Waals surface area (Å²) >= 11 is 0. The summed E-state index contributed by atoms with van der Waals surface area (Å²) in [6, 6.07) is 14.0. The SMILES string of the molecule is COc1ccc(C(=O)N2CCC(Cc3ccccc3)CC2)c(OC)c1OC. The molecule has 1 aliphatic heterocycles. The summed E-state index contributed by atoms with van der Waals surface area (Å²) < 4.78 is 16.2. The third-order valence-electron chi connectivity index (χ3n) is 5.20. The Hall–Kier alpha value is -2.69. The van der Waals surface area contributed by atoms with Gasteiger partial charge in [-0.05, 0) is 42.9 Å². The van der Waals surface area contributed by atoms with Gasteiger partial charge in [0.05, 0.1) is 26.9 Å². The van der Waals surface area contributed by atoms with Crippen molar-refractivity contribution in [3.05, 3.63) is 53.6 Å². The molecule has 0 aromatic heterocycles. The first-order chi connectivity index (χ1) is 13.2. The minimum absolute atomic E-state index is 0.0223. The van der Waals surface area contributed by atoms with Gasteiger partial charge >= 0.3 is 0 Å². The number of carbonyl (C=O) groups is 1. The smallest absolute Gasteiger partial charge is 0.257 e. The van der Waals surface area contributed by atoms with Crippen molar-refractivity contribution in [2.75, 3.05) is 34.4 Å². The number of methoxy groups -OCH3 is 3. The van der Waals surface area contributed by atoms with E-state index >= 15 is 0 Å². The van der Waals surface area contributed by atoms with Crippen LogP contribution in [0.4, 0.5) is 0 Å². The van der Waals surface area contributed by atoms with Crippen LogP contribution in [-0.4, -0.2) is 45.2 Å². The van der Waals surface area contributed by atoms with E-state index in [4.69, 9.17) is 14.2 Å². The van der Waals surface area contributed by atoms with E-state index < -0.39 is 0 Å². The second kappa shape index (κ2) is 8.80. The highest BCUT2D eigenvalue weighted by Gasteiger charge is 2.28. The molecule has 2 aromatic carbocycles. The van der Waals surface area contributed by atoms with Crippen molar-refractivity contribution < 1.29 is 19.0 Å². The molecular weight excluding hydrogens is 342 g/mol. The molecule has 1 aliphatic rings. The molecule has 144 valence electrons. The normalized spacial score (nSPS) is 14.7. The maximum absolute atomic E-state index is 13.1. The van der Waals surface area contributed by atoms with Crippen molar-refractivity contribution in [2.24, 2.45) is 5.92 Å². The quantitative estimate of drug-likeness (QED) is 0.777. The van der Waals surface area contributed by atoms with Crippen molar-refractivity contribution in [1.29, 1.82) is 0 Å². The van der Waals surface area contributed by atoms with Crippen LogP contribution in [0.3, 0.4) is 0 Å². The Labute approximate surface area is 160 Å². The lowest BCUT2D eigenvalue weighted by atomic mass is 9.90. The van der Waals surface area contributed by atoms with Crippen LogP contribution >= 0.6 is 0 Å². The number of rotatable bonds is 6. The van der Waals surface area contributed by atoms with E-state index in [9.17, 15) is 4.79 Å².